The Morgan fingerprint density at radius 3 is 2.02 bits per heavy atom. The van der Waals surface area contributed by atoms with Crippen molar-refractivity contribution in [3.63, 3.8) is 0 Å². The second-order valence-electron chi connectivity index (χ2n) is 9.29. The number of methoxy groups -OCH3 is 3. The van der Waals surface area contributed by atoms with E-state index < -0.39 is 11.8 Å². The molecular formula is C33H32N4O6S. The van der Waals surface area contributed by atoms with E-state index >= 15 is 0 Å². The molecule has 226 valence electrons. The van der Waals surface area contributed by atoms with Crippen LogP contribution in [0.1, 0.15) is 22.8 Å². The topological polar surface area (TPSA) is 128 Å². The molecule has 0 saturated carbocycles. The van der Waals surface area contributed by atoms with Crippen LogP contribution < -0.4 is 30.2 Å². The zero-order chi connectivity index (χ0) is 31.5. The van der Waals surface area contributed by atoms with Crippen molar-refractivity contribution in [1.82, 2.24) is 10.3 Å². The number of thioether (sulfide) groups is 1. The average Bonchev–Trinajstić information content (AvgIpc) is 3.05. The summed E-state index contributed by atoms with van der Waals surface area (Å²) in [7, 11) is 4.50. The van der Waals surface area contributed by atoms with Crippen molar-refractivity contribution in [2.24, 2.45) is 0 Å². The number of ether oxygens (including phenoxy) is 3. The number of hydrogen-bond acceptors (Lipinski definition) is 8. The number of aromatic nitrogens is 1. The zero-order valence-corrected chi connectivity index (χ0v) is 25.4. The molecule has 11 heteroatoms. The van der Waals surface area contributed by atoms with E-state index in [1.165, 1.54) is 39.2 Å². The van der Waals surface area contributed by atoms with Gasteiger partial charge in [0.1, 0.15) is 11.4 Å². The highest BCUT2D eigenvalue weighted by Gasteiger charge is 2.19. The molecule has 0 aliphatic carbocycles. The molecule has 0 bridgehead atoms. The average molecular weight is 613 g/mol. The fourth-order valence-corrected chi connectivity index (χ4v) is 4.88. The third-order valence-electron chi connectivity index (χ3n) is 6.31. The fourth-order valence-electron chi connectivity index (χ4n) is 4.02. The lowest BCUT2D eigenvalue weighted by molar-refractivity contribution is -0.115. The summed E-state index contributed by atoms with van der Waals surface area (Å²) in [6.45, 7) is 1.81. The lowest BCUT2D eigenvalue weighted by Gasteiger charge is -2.15. The highest BCUT2D eigenvalue weighted by Crippen LogP contribution is 2.35. The van der Waals surface area contributed by atoms with E-state index in [4.69, 9.17) is 14.2 Å². The molecular weight excluding hydrogens is 580 g/mol. The first-order chi connectivity index (χ1) is 21.3. The van der Waals surface area contributed by atoms with Gasteiger partial charge in [0.05, 0.1) is 26.6 Å². The highest BCUT2D eigenvalue weighted by atomic mass is 32.2. The summed E-state index contributed by atoms with van der Waals surface area (Å²) in [5.74, 6) is 0.112. The Morgan fingerprint density at radius 1 is 0.773 bits per heavy atom. The molecule has 4 aromatic rings. The minimum absolute atomic E-state index is 0.0239. The van der Waals surface area contributed by atoms with Crippen molar-refractivity contribution in [1.29, 1.82) is 0 Å². The van der Waals surface area contributed by atoms with Crippen LogP contribution >= 0.6 is 11.8 Å². The number of pyridine rings is 1. The fraction of sp³-hybridized carbons (Fsp3) is 0.152. The zero-order valence-electron chi connectivity index (χ0n) is 24.6. The van der Waals surface area contributed by atoms with E-state index in [0.717, 1.165) is 4.90 Å². The van der Waals surface area contributed by atoms with Crippen LogP contribution in [0.3, 0.4) is 0 Å². The first kappa shape index (κ1) is 31.6. The monoisotopic (exact) mass is 612 g/mol. The van der Waals surface area contributed by atoms with E-state index in [-0.39, 0.29) is 16.9 Å². The van der Waals surface area contributed by atoms with Crippen LogP contribution in [-0.4, -0.2) is 49.3 Å². The van der Waals surface area contributed by atoms with Crippen molar-refractivity contribution in [2.45, 2.75) is 17.1 Å². The molecule has 0 fully saturated rings. The summed E-state index contributed by atoms with van der Waals surface area (Å²) in [6.07, 6.45) is 4.72. The van der Waals surface area contributed by atoms with Crippen molar-refractivity contribution in [3.8, 4) is 17.2 Å². The molecule has 10 nitrogen and oxygen atoms in total. The van der Waals surface area contributed by atoms with E-state index in [2.05, 4.69) is 20.9 Å². The lowest BCUT2D eigenvalue weighted by Crippen LogP contribution is -2.30. The van der Waals surface area contributed by atoms with Crippen LogP contribution in [0.5, 0.6) is 17.2 Å². The van der Waals surface area contributed by atoms with Crippen LogP contribution in [0.15, 0.2) is 102 Å². The summed E-state index contributed by atoms with van der Waals surface area (Å²) in [5, 5.41) is 8.04. The van der Waals surface area contributed by atoms with Gasteiger partial charge in [-0.2, -0.15) is 0 Å². The summed E-state index contributed by atoms with van der Waals surface area (Å²) >= 11 is 1.38. The number of rotatable bonds is 12. The quantitative estimate of drug-likeness (QED) is 0.139. The minimum atomic E-state index is -0.559. The highest BCUT2D eigenvalue weighted by molar-refractivity contribution is 8.00. The Bertz CT molecular complexity index is 1630. The number of carbonyl (C=O) groups excluding carboxylic acids is 3. The molecule has 0 radical (unpaired) electrons. The van der Waals surface area contributed by atoms with Crippen LogP contribution in [-0.2, 0) is 9.59 Å². The largest absolute Gasteiger partial charge is 0.496 e. The summed E-state index contributed by atoms with van der Waals surface area (Å²) in [4.78, 5) is 44.0. The number of benzene rings is 3. The van der Waals surface area contributed by atoms with E-state index in [9.17, 15) is 14.4 Å². The van der Waals surface area contributed by atoms with Gasteiger partial charge in [0.25, 0.3) is 11.8 Å². The molecule has 1 aromatic heterocycles. The van der Waals surface area contributed by atoms with Crippen LogP contribution in [0.25, 0.3) is 6.08 Å². The molecule has 0 saturated heterocycles. The van der Waals surface area contributed by atoms with Gasteiger partial charge in [-0.1, -0.05) is 18.2 Å². The van der Waals surface area contributed by atoms with E-state index in [1.54, 1.807) is 91.3 Å². The first-order valence-corrected chi connectivity index (χ1v) is 14.4. The minimum Gasteiger partial charge on any atom is -0.496 e. The smallest absolute Gasteiger partial charge is 0.272 e. The third kappa shape index (κ3) is 8.39. The van der Waals surface area contributed by atoms with Crippen molar-refractivity contribution in [2.75, 3.05) is 32.0 Å². The number of nitrogens with zero attached hydrogens (tertiary/aromatic N) is 1. The van der Waals surface area contributed by atoms with Gasteiger partial charge in [-0.15, -0.1) is 11.8 Å². The van der Waals surface area contributed by atoms with E-state index in [0.29, 0.717) is 39.8 Å². The second kappa shape index (κ2) is 15.3. The Morgan fingerprint density at radius 2 is 1.39 bits per heavy atom. The molecule has 3 aromatic carbocycles. The van der Waals surface area contributed by atoms with Gasteiger partial charge in [0.15, 0.2) is 11.5 Å². The standard InChI is InChI=1S/C33H32N4O6S/c1-21(31(38)35-25-14-16-34-17-15-25)44-26-12-10-24(11-13-26)36-33(40)27(37-32(39)22-8-6-5-7-9-22)18-23-19-29(42-3)30(43-4)20-28(23)41-2/h5-21H,1-4H3,(H,36,40)(H,37,39)(H,34,35,38)/b27-18-. The third-order valence-corrected chi connectivity index (χ3v) is 7.42. The second-order valence-corrected chi connectivity index (χ2v) is 10.7. The predicted molar refractivity (Wildman–Crippen MR) is 171 cm³/mol. The van der Waals surface area contributed by atoms with Gasteiger partial charge >= 0.3 is 0 Å². The number of carbonyl (C=O) groups is 3. The van der Waals surface area contributed by atoms with E-state index in [1.807, 2.05) is 6.92 Å². The Kier molecular flexibility index (Phi) is 11.0. The molecule has 44 heavy (non-hydrogen) atoms. The van der Waals surface area contributed by atoms with Gasteiger partial charge in [-0.3, -0.25) is 19.4 Å². The SMILES string of the molecule is COc1cc(OC)c(OC)cc1/C=C(\NC(=O)c1ccccc1)C(=O)Nc1ccc(SC(C)C(=O)Nc2ccncc2)cc1. The first-order valence-electron chi connectivity index (χ1n) is 13.5. The normalized spacial score (nSPS) is 11.6. The van der Waals surface area contributed by atoms with Gasteiger partial charge in [0.2, 0.25) is 5.91 Å². The number of amides is 3. The van der Waals surface area contributed by atoms with Gasteiger partial charge in [-0.05, 0) is 67.6 Å². The van der Waals surface area contributed by atoms with Gasteiger partial charge in [-0.25, -0.2) is 0 Å². The Hall–Kier alpha value is -5.29. The maximum absolute atomic E-state index is 13.5. The summed E-state index contributed by atoms with van der Waals surface area (Å²) in [6, 6.07) is 22.3. The molecule has 3 amide bonds. The molecule has 0 aliphatic heterocycles. The van der Waals surface area contributed by atoms with Gasteiger partial charge in [0, 0.05) is 45.9 Å². The Balaban J connectivity index is 1.53. The van der Waals surface area contributed by atoms with Crippen molar-refractivity contribution < 1.29 is 28.6 Å². The molecule has 1 heterocycles. The molecule has 0 spiro atoms. The molecule has 4 rings (SSSR count). The van der Waals surface area contributed by atoms with Crippen LogP contribution in [0.2, 0.25) is 0 Å². The maximum Gasteiger partial charge on any atom is 0.272 e. The summed E-state index contributed by atoms with van der Waals surface area (Å²) in [5.41, 5.74) is 2.00. The van der Waals surface area contributed by atoms with Gasteiger partial charge < -0.3 is 30.2 Å². The number of nitrogens with one attached hydrogen (secondary N) is 3. The predicted octanol–water partition coefficient (Wildman–Crippen LogP) is 5.64. The number of hydrogen-bond donors (Lipinski definition) is 3. The molecule has 0 aliphatic rings. The lowest BCUT2D eigenvalue weighted by atomic mass is 10.1. The Labute approximate surface area is 259 Å². The number of anilines is 2. The summed E-state index contributed by atoms with van der Waals surface area (Å²) < 4.78 is 16.3. The van der Waals surface area contributed by atoms with Crippen molar-refractivity contribution >= 4 is 46.9 Å². The molecule has 3 N–H and O–H groups in total. The van der Waals surface area contributed by atoms with Crippen LogP contribution in [0.4, 0.5) is 11.4 Å². The maximum atomic E-state index is 13.5. The molecule has 1 atom stereocenters. The molecule has 1 unspecified atom stereocenters. The van der Waals surface area contributed by atoms with Crippen LogP contribution in [0, 0.1) is 0 Å². The van der Waals surface area contributed by atoms with Crippen molar-refractivity contribution in [3.05, 3.63) is 108 Å².